The van der Waals surface area contributed by atoms with Crippen molar-refractivity contribution in [2.24, 2.45) is 0 Å². The molecule has 12 heavy (non-hydrogen) atoms. The molecule has 0 amide bonds. The molecule has 0 radical (unpaired) electrons. The van der Waals surface area contributed by atoms with Crippen LogP contribution in [0.1, 0.15) is 11.1 Å². The zero-order valence-corrected chi connectivity index (χ0v) is 7.13. The van der Waals surface area contributed by atoms with Crippen LogP contribution in [-0.2, 0) is 4.74 Å². The van der Waals surface area contributed by atoms with Gasteiger partial charge in [0.2, 0.25) is 0 Å². The van der Waals surface area contributed by atoms with Crippen LogP contribution in [0.4, 0.5) is 0 Å². The lowest BCUT2D eigenvalue weighted by Gasteiger charge is -2.01. The van der Waals surface area contributed by atoms with Gasteiger partial charge in [0.25, 0.3) is 0 Å². The number of hydrogen-bond acceptors (Lipinski definition) is 2. The summed E-state index contributed by atoms with van der Waals surface area (Å²) in [7, 11) is 1.34. The molecule has 0 aliphatic rings. The van der Waals surface area contributed by atoms with Crippen LogP contribution in [0.2, 0.25) is 0 Å². The highest BCUT2D eigenvalue weighted by molar-refractivity contribution is 5.30. The van der Waals surface area contributed by atoms with Crippen LogP contribution in [0, 0.1) is 13.0 Å². The Hall–Kier alpha value is -1.53. The lowest BCUT2D eigenvalue weighted by atomic mass is 10.1. The quantitative estimate of drug-likeness (QED) is 0.480. The summed E-state index contributed by atoms with van der Waals surface area (Å²) in [5.74, 6) is -0.440. The Bertz CT molecular complexity index is 290. The lowest BCUT2D eigenvalue weighted by Crippen LogP contribution is -2.05. The first-order valence-corrected chi connectivity index (χ1v) is 3.64. The van der Waals surface area contributed by atoms with Crippen LogP contribution in [0.5, 0.6) is 0 Å². The van der Waals surface area contributed by atoms with Crippen molar-refractivity contribution in [2.45, 2.75) is 6.92 Å². The average molecular weight is 162 g/mol. The van der Waals surface area contributed by atoms with Crippen LogP contribution in [-0.4, -0.2) is 7.11 Å². The molecule has 0 aliphatic carbocycles. The molecule has 0 heterocycles. The first kappa shape index (κ1) is 8.57. The Morgan fingerprint density at radius 1 is 1.42 bits per heavy atom. The Labute approximate surface area is 72.1 Å². The van der Waals surface area contributed by atoms with Crippen molar-refractivity contribution < 1.29 is 9.84 Å². The fraction of sp³-hybridized carbons (Fsp3) is 0.200. The normalized spacial score (nSPS) is 10.7. The maximum Gasteiger partial charge on any atom is 0.192 e. The van der Waals surface area contributed by atoms with Crippen LogP contribution in [0.15, 0.2) is 30.2 Å². The van der Waals surface area contributed by atoms with Crippen molar-refractivity contribution in [1.29, 1.82) is 0 Å². The van der Waals surface area contributed by atoms with E-state index in [1.165, 1.54) is 7.11 Å². The third-order valence-corrected chi connectivity index (χ3v) is 1.57. The summed E-state index contributed by atoms with van der Waals surface area (Å²) < 4.78 is 4.46. The van der Waals surface area contributed by atoms with Gasteiger partial charge in [-0.2, -0.15) is 0 Å². The van der Waals surface area contributed by atoms with Gasteiger partial charge < -0.3 is 9.84 Å². The predicted octanol–water partition coefficient (Wildman–Crippen LogP) is 0.994. The van der Waals surface area contributed by atoms with Crippen LogP contribution in [0.3, 0.4) is 0 Å². The zero-order valence-electron chi connectivity index (χ0n) is 7.13. The van der Waals surface area contributed by atoms with Gasteiger partial charge in [-0.3, -0.25) is 0 Å². The first-order chi connectivity index (χ1) is 5.74. The second-order valence-electron chi connectivity index (χ2n) is 2.43. The second-order valence-corrected chi connectivity index (χ2v) is 2.43. The molecule has 0 spiro atoms. The molecule has 0 aliphatic heterocycles. The Morgan fingerprint density at radius 3 is 2.67 bits per heavy atom. The van der Waals surface area contributed by atoms with E-state index in [4.69, 9.17) is 0 Å². The van der Waals surface area contributed by atoms with Crippen molar-refractivity contribution in [1.82, 2.24) is 0 Å². The number of rotatable bonds is 2. The number of hydrogen-bond donors (Lipinski definition) is 0. The number of benzene rings is 1. The topological polar surface area (TPSA) is 32.3 Å². The van der Waals surface area contributed by atoms with E-state index in [-0.39, 0.29) is 0 Å². The second kappa shape index (κ2) is 3.74. The molecule has 1 aromatic carbocycles. The van der Waals surface area contributed by atoms with Crippen molar-refractivity contribution >= 4 is 0 Å². The lowest BCUT2D eigenvalue weighted by molar-refractivity contribution is -0.354. The standard InChI is InChI=1S/C10H10O2/c1-8-5-3-4-6-9(8)7-10(11)12-2/h3-6H,1-2H3. The Balaban J connectivity index is 2.96. The molecule has 0 fully saturated rings. The van der Waals surface area contributed by atoms with E-state index in [2.05, 4.69) is 10.8 Å². The maximum atomic E-state index is 10.8. The summed E-state index contributed by atoms with van der Waals surface area (Å²) >= 11 is 0. The molecule has 0 aromatic heterocycles. The molecular formula is C10H10O2. The first-order valence-electron chi connectivity index (χ1n) is 3.64. The van der Waals surface area contributed by atoms with E-state index in [9.17, 15) is 5.11 Å². The largest absolute Gasteiger partial charge is 0.601 e. The van der Waals surface area contributed by atoms with Crippen molar-refractivity contribution in [2.75, 3.05) is 7.11 Å². The summed E-state index contributed by atoms with van der Waals surface area (Å²) in [4.78, 5) is 0. The van der Waals surface area contributed by atoms with E-state index < -0.39 is 5.95 Å². The number of methoxy groups -OCH3 is 1. The van der Waals surface area contributed by atoms with Gasteiger partial charge in [-0.05, 0) is 25.3 Å². The highest BCUT2D eigenvalue weighted by Gasteiger charge is 2.03. The molecular weight excluding hydrogens is 152 g/mol. The van der Waals surface area contributed by atoms with Crippen LogP contribution >= 0.6 is 0 Å². The van der Waals surface area contributed by atoms with Gasteiger partial charge in [0.05, 0.1) is 17.7 Å². The summed E-state index contributed by atoms with van der Waals surface area (Å²) in [6, 6.07) is 7.52. The van der Waals surface area contributed by atoms with E-state index in [0.717, 1.165) is 11.1 Å². The minimum absolute atomic E-state index is 0.440. The molecule has 0 atom stereocenters. The van der Waals surface area contributed by atoms with Gasteiger partial charge in [0.1, 0.15) is 0 Å². The minimum atomic E-state index is -0.440. The third kappa shape index (κ3) is 1.97. The molecule has 1 aromatic rings. The Morgan fingerprint density at radius 2 is 2.08 bits per heavy atom. The van der Waals surface area contributed by atoms with Crippen molar-refractivity contribution in [3.8, 4) is 0 Å². The fourth-order valence-electron chi connectivity index (χ4n) is 0.874. The van der Waals surface area contributed by atoms with Crippen LogP contribution in [0.25, 0.3) is 0 Å². The minimum Gasteiger partial charge on any atom is -0.601 e. The number of aryl methyl sites for hydroxylation is 1. The smallest absolute Gasteiger partial charge is 0.192 e. The van der Waals surface area contributed by atoms with E-state index in [1.54, 1.807) is 0 Å². The van der Waals surface area contributed by atoms with E-state index in [0.29, 0.717) is 0 Å². The summed E-state index contributed by atoms with van der Waals surface area (Å²) in [6.45, 7) is 1.92. The average Bonchev–Trinajstić information content (AvgIpc) is 2.09. The molecule has 0 saturated carbocycles. The van der Waals surface area contributed by atoms with Gasteiger partial charge >= 0.3 is 0 Å². The molecule has 62 valence electrons. The fourth-order valence-corrected chi connectivity index (χ4v) is 0.874. The highest BCUT2D eigenvalue weighted by atomic mass is 16.6. The molecule has 2 heteroatoms. The van der Waals surface area contributed by atoms with Crippen molar-refractivity contribution in [3.05, 3.63) is 47.4 Å². The Kier molecular flexibility index (Phi) is 2.67. The zero-order chi connectivity index (χ0) is 8.97. The van der Waals surface area contributed by atoms with E-state index in [1.807, 2.05) is 31.2 Å². The maximum absolute atomic E-state index is 10.8. The highest BCUT2D eigenvalue weighted by Crippen LogP contribution is 2.07. The summed E-state index contributed by atoms with van der Waals surface area (Å²) in [6.07, 6.45) is 2.60. The van der Waals surface area contributed by atoms with Gasteiger partial charge in [-0.1, -0.05) is 0 Å². The van der Waals surface area contributed by atoms with Crippen LogP contribution < -0.4 is 5.11 Å². The molecule has 0 bridgehead atoms. The molecule has 0 saturated heterocycles. The van der Waals surface area contributed by atoms with Gasteiger partial charge in [0, 0.05) is 6.92 Å². The van der Waals surface area contributed by atoms with Crippen molar-refractivity contribution in [3.63, 3.8) is 0 Å². The molecule has 2 nitrogen and oxygen atoms in total. The number of ether oxygens (including phenoxy) is 1. The monoisotopic (exact) mass is 162 g/mol. The third-order valence-electron chi connectivity index (χ3n) is 1.57. The van der Waals surface area contributed by atoms with Gasteiger partial charge in [0.15, 0.2) is 11.5 Å². The molecule has 0 N–H and O–H groups in total. The molecule has 1 rings (SSSR count). The summed E-state index contributed by atoms with van der Waals surface area (Å²) in [5, 5.41) is 10.8. The SMILES string of the molecule is COC([O-])=[C+]c1ccccc1C. The summed E-state index contributed by atoms with van der Waals surface area (Å²) in [5.41, 5.74) is 1.80. The van der Waals surface area contributed by atoms with Gasteiger partial charge in [-0.15, -0.1) is 0 Å². The predicted molar refractivity (Wildman–Crippen MR) is 44.0 cm³/mol. The van der Waals surface area contributed by atoms with E-state index >= 15 is 0 Å². The molecule has 0 unspecified atom stereocenters. The van der Waals surface area contributed by atoms with Gasteiger partial charge in [-0.25, -0.2) is 0 Å².